The number of fused-ring (bicyclic) bond motifs is 2. The Balaban J connectivity index is 1.32. The zero-order chi connectivity index (χ0) is 24.4. The Bertz CT molecular complexity index is 1460. The van der Waals surface area contributed by atoms with Gasteiger partial charge in [-0.25, -0.2) is 0 Å². The van der Waals surface area contributed by atoms with Gasteiger partial charge in [-0.2, -0.15) is 0 Å². The predicted octanol–water partition coefficient (Wildman–Crippen LogP) is 5.46. The minimum atomic E-state index is -1.01. The first-order chi connectivity index (χ1) is 17.4. The first kappa shape index (κ1) is 21.7. The lowest BCUT2D eigenvalue weighted by Gasteiger charge is -2.63. The van der Waals surface area contributed by atoms with Gasteiger partial charge in [0.2, 0.25) is 0 Å². The summed E-state index contributed by atoms with van der Waals surface area (Å²) < 4.78 is 6.58. The molecule has 3 aliphatic carbocycles. The van der Waals surface area contributed by atoms with Gasteiger partial charge < -0.3 is 14.9 Å². The van der Waals surface area contributed by atoms with Crippen molar-refractivity contribution in [2.24, 2.45) is 5.92 Å². The minimum Gasteiger partial charge on any atom is -0.504 e. The summed E-state index contributed by atoms with van der Waals surface area (Å²) in [5, 5.41) is 24.6. The van der Waals surface area contributed by atoms with E-state index in [2.05, 4.69) is 11.0 Å². The SMILES string of the molecule is Oc1ccc2c3c1O[C@H]1c4ncc(-c5ccc(Cl)c(Cl)c5)cc4C[C@@]4(O)[C@@H](C2)N(CC2CC2)CC[C@]314. The van der Waals surface area contributed by atoms with Crippen LogP contribution in [-0.2, 0) is 18.3 Å². The first-order valence-corrected chi connectivity index (χ1v) is 13.6. The van der Waals surface area contributed by atoms with Crippen molar-refractivity contribution in [3.63, 3.8) is 0 Å². The third-order valence-electron chi connectivity index (χ3n) is 9.48. The van der Waals surface area contributed by atoms with E-state index in [1.54, 1.807) is 12.1 Å². The highest BCUT2D eigenvalue weighted by Crippen LogP contribution is 2.68. The Morgan fingerprint density at radius 3 is 2.72 bits per heavy atom. The van der Waals surface area contributed by atoms with Crippen LogP contribution in [0.5, 0.6) is 11.5 Å². The van der Waals surface area contributed by atoms with E-state index < -0.39 is 17.1 Å². The molecule has 0 radical (unpaired) electrons. The Morgan fingerprint density at radius 1 is 1.06 bits per heavy atom. The number of pyridine rings is 1. The maximum atomic E-state index is 12.8. The number of aliphatic hydroxyl groups is 1. The normalized spacial score (nSPS) is 31.5. The lowest BCUT2D eigenvalue weighted by Crippen LogP contribution is -2.74. The Labute approximate surface area is 219 Å². The lowest BCUT2D eigenvalue weighted by molar-refractivity contribution is -0.173. The molecule has 36 heavy (non-hydrogen) atoms. The zero-order valence-corrected chi connectivity index (χ0v) is 21.2. The average Bonchev–Trinajstić information content (AvgIpc) is 3.60. The number of halogens is 2. The standard InChI is InChI=1S/C29H26Cl2N2O3/c30-20-5-3-16(10-21(20)31)19-9-18-12-29(35)23-11-17-4-6-22(34)26-24(17)28(29,27(36-26)25(18)32-13-19)7-8-33(23)14-15-1-2-15/h3-6,9-10,13,15,23,27,34-35H,1-2,7-8,11-12,14H2/t23-,27+,28+,29-/m1/s1. The summed E-state index contributed by atoms with van der Waals surface area (Å²) in [7, 11) is 0. The molecule has 1 saturated carbocycles. The number of hydrogen-bond acceptors (Lipinski definition) is 5. The van der Waals surface area contributed by atoms with Crippen LogP contribution in [0.4, 0.5) is 0 Å². The van der Waals surface area contributed by atoms with Crippen molar-refractivity contribution in [3.05, 3.63) is 75.0 Å². The molecule has 3 heterocycles. The Hall–Kier alpha value is -2.31. The summed E-state index contributed by atoms with van der Waals surface area (Å²) in [6.07, 6.45) is 6.05. The number of nitrogens with zero attached hydrogens (tertiary/aromatic N) is 2. The number of hydrogen-bond donors (Lipinski definition) is 2. The van der Waals surface area contributed by atoms with Crippen molar-refractivity contribution in [2.45, 2.75) is 55.3 Å². The van der Waals surface area contributed by atoms with E-state index in [9.17, 15) is 10.2 Å². The number of aromatic hydroxyl groups is 1. The van der Waals surface area contributed by atoms with Gasteiger partial charge in [-0.05, 0) is 79.1 Å². The highest BCUT2D eigenvalue weighted by atomic mass is 35.5. The summed E-state index contributed by atoms with van der Waals surface area (Å²) in [6.45, 7) is 1.97. The van der Waals surface area contributed by atoms with E-state index in [0.29, 0.717) is 22.2 Å². The molecule has 2 aromatic carbocycles. The van der Waals surface area contributed by atoms with Crippen LogP contribution in [0, 0.1) is 5.92 Å². The average molecular weight is 521 g/mol. The van der Waals surface area contributed by atoms with Crippen LogP contribution in [0.15, 0.2) is 42.6 Å². The number of phenolic OH excluding ortho intramolecular Hbond substituents is 1. The fraction of sp³-hybridized carbons (Fsp3) is 0.414. The minimum absolute atomic E-state index is 0.00252. The molecule has 1 saturated heterocycles. The molecular weight excluding hydrogens is 495 g/mol. The van der Waals surface area contributed by atoms with Crippen molar-refractivity contribution >= 4 is 23.2 Å². The highest BCUT2D eigenvalue weighted by Gasteiger charge is 2.72. The monoisotopic (exact) mass is 520 g/mol. The summed E-state index contributed by atoms with van der Waals surface area (Å²) >= 11 is 12.5. The first-order valence-electron chi connectivity index (χ1n) is 12.8. The van der Waals surface area contributed by atoms with Gasteiger partial charge in [-0.1, -0.05) is 35.3 Å². The second-order valence-electron chi connectivity index (χ2n) is 11.3. The third-order valence-corrected chi connectivity index (χ3v) is 10.2. The van der Waals surface area contributed by atoms with Crippen molar-refractivity contribution < 1.29 is 14.9 Å². The fourth-order valence-corrected chi connectivity index (χ4v) is 7.97. The van der Waals surface area contributed by atoms with Crippen molar-refractivity contribution in [3.8, 4) is 22.6 Å². The van der Waals surface area contributed by atoms with Crippen molar-refractivity contribution in [2.75, 3.05) is 13.1 Å². The second kappa shape index (κ2) is 7.16. The highest BCUT2D eigenvalue weighted by molar-refractivity contribution is 6.42. The van der Waals surface area contributed by atoms with E-state index >= 15 is 0 Å². The predicted molar refractivity (Wildman–Crippen MR) is 138 cm³/mol. The Morgan fingerprint density at radius 2 is 1.92 bits per heavy atom. The molecule has 2 N–H and O–H groups in total. The largest absolute Gasteiger partial charge is 0.504 e. The summed E-state index contributed by atoms with van der Waals surface area (Å²) in [5.74, 6) is 1.43. The quantitative estimate of drug-likeness (QED) is 0.479. The number of rotatable bonds is 3. The summed E-state index contributed by atoms with van der Waals surface area (Å²) in [4.78, 5) is 7.47. The van der Waals surface area contributed by atoms with E-state index in [1.165, 1.54) is 18.4 Å². The number of piperidine rings is 1. The zero-order valence-electron chi connectivity index (χ0n) is 19.7. The number of likely N-dealkylation sites (tertiary alicyclic amines) is 1. The Kier molecular flexibility index (Phi) is 4.33. The molecule has 8 rings (SSSR count). The van der Waals surface area contributed by atoms with Crippen LogP contribution >= 0.6 is 23.2 Å². The van der Waals surface area contributed by atoms with Gasteiger partial charge in [0.15, 0.2) is 17.6 Å². The molecule has 0 amide bonds. The van der Waals surface area contributed by atoms with Gasteiger partial charge in [-0.15, -0.1) is 0 Å². The van der Waals surface area contributed by atoms with E-state index in [4.69, 9.17) is 32.9 Å². The molecule has 5 nitrogen and oxygen atoms in total. The molecular formula is C29H26Cl2N2O3. The molecule has 0 unspecified atom stereocenters. The topological polar surface area (TPSA) is 65.8 Å². The van der Waals surface area contributed by atoms with Crippen molar-refractivity contribution in [1.82, 2.24) is 9.88 Å². The smallest absolute Gasteiger partial charge is 0.166 e. The summed E-state index contributed by atoms with van der Waals surface area (Å²) in [5.41, 5.74) is 4.31. The third kappa shape index (κ3) is 2.67. The van der Waals surface area contributed by atoms with Crippen LogP contribution in [0.25, 0.3) is 11.1 Å². The van der Waals surface area contributed by atoms with Gasteiger partial charge in [0.05, 0.1) is 26.8 Å². The molecule has 2 aliphatic heterocycles. The molecule has 4 atom stereocenters. The van der Waals surface area contributed by atoms with E-state index in [-0.39, 0.29) is 11.8 Å². The van der Waals surface area contributed by atoms with Crippen LogP contribution in [-0.4, -0.2) is 44.8 Å². The molecule has 7 heteroatoms. The molecule has 2 fully saturated rings. The lowest BCUT2D eigenvalue weighted by atomic mass is 9.49. The van der Waals surface area contributed by atoms with E-state index in [1.807, 2.05) is 24.4 Å². The number of benzene rings is 2. The molecule has 2 bridgehead atoms. The number of phenols is 1. The van der Waals surface area contributed by atoms with Gasteiger partial charge >= 0.3 is 0 Å². The van der Waals surface area contributed by atoms with Gasteiger partial charge in [0, 0.05) is 36.3 Å². The fourth-order valence-electron chi connectivity index (χ4n) is 7.68. The molecule has 3 aromatic rings. The summed E-state index contributed by atoms with van der Waals surface area (Å²) in [6, 6.07) is 11.5. The van der Waals surface area contributed by atoms with Crippen LogP contribution in [0.2, 0.25) is 10.0 Å². The maximum absolute atomic E-state index is 12.8. The molecule has 1 aromatic heterocycles. The van der Waals surface area contributed by atoms with Crippen molar-refractivity contribution in [1.29, 1.82) is 0 Å². The van der Waals surface area contributed by atoms with Gasteiger partial charge in [-0.3, -0.25) is 9.88 Å². The number of ether oxygens (including phenoxy) is 1. The second-order valence-corrected chi connectivity index (χ2v) is 12.1. The van der Waals surface area contributed by atoms with Crippen LogP contribution in [0.3, 0.4) is 0 Å². The van der Waals surface area contributed by atoms with Crippen LogP contribution < -0.4 is 4.74 Å². The van der Waals surface area contributed by atoms with Crippen LogP contribution in [0.1, 0.15) is 47.8 Å². The van der Waals surface area contributed by atoms with Gasteiger partial charge in [0.1, 0.15) is 0 Å². The molecule has 5 aliphatic rings. The maximum Gasteiger partial charge on any atom is 0.166 e. The molecule has 184 valence electrons. The van der Waals surface area contributed by atoms with E-state index in [0.717, 1.165) is 59.8 Å². The van der Waals surface area contributed by atoms with Gasteiger partial charge in [0.25, 0.3) is 0 Å². The number of aromatic nitrogens is 1. The molecule has 1 spiro atoms.